The van der Waals surface area contributed by atoms with Crippen molar-refractivity contribution in [2.75, 3.05) is 52.8 Å². The maximum absolute atomic E-state index is 12.7. The Morgan fingerprint density at radius 1 is 0.964 bits per heavy atom. The molecule has 154 valence electrons. The number of urea groups is 1. The lowest BCUT2D eigenvalue weighted by atomic mass is 9.96. The fourth-order valence-corrected chi connectivity index (χ4v) is 5.09. The van der Waals surface area contributed by atoms with Crippen LogP contribution in [0.5, 0.6) is 11.5 Å². The maximum atomic E-state index is 12.7. The zero-order chi connectivity index (χ0) is 19.7. The second-order valence-corrected chi connectivity index (χ2v) is 8.20. The molecule has 7 nitrogen and oxygen atoms in total. The molecule has 1 aromatic carbocycles. The van der Waals surface area contributed by atoms with Crippen LogP contribution in [0, 0.1) is 0 Å². The van der Waals surface area contributed by atoms with E-state index in [4.69, 9.17) is 9.47 Å². The molecule has 3 fully saturated rings. The summed E-state index contributed by atoms with van der Waals surface area (Å²) < 4.78 is 10.6. The maximum Gasteiger partial charge on any atom is 0.321 e. The largest absolute Gasteiger partial charge is 0.493 e. The second-order valence-electron chi connectivity index (χ2n) is 8.20. The van der Waals surface area contributed by atoms with Crippen molar-refractivity contribution in [3.8, 4) is 11.5 Å². The molecule has 2 unspecified atom stereocenters. The number of carbonyl (C=O) groups is 1. The molecule has 3 aliphatic rings. The molecule has 28 heavy (non-hydrogen) atoms. The van der Waals surface area contributed by atoms with Crippen LogP contribution in [0.15, 0.2) is 18.2 Å². The molecule has 0 spiro atoms. The molecule has 0 aliphatic carbocycles. The summed E-state index contributed by atoms with van der Waals surface area (Å²) in [5.74, 6) is 1.27. The Morgan fingerprint density at radius 2 is 1.61 bits per heavy atom. The fourth-order valence-electron chi connectivity index (χ4n) is 5.09. The topological polar surface area (TPSA) is 57.3 Å². The molecule has 2 bridgehead atoms. The standard InChI is InChI=1S/C21H32N4O3/c1-23-16-5-6-17(23)14-18(13-16)24-8-10-25(11-9-24)21(26)22-15-4-7-19(27-2)20(12-15)28-3/h4,7,12,16-18H,5-6,8-11,13-14H2,1-3H3,(H,22,26). The van der Waals surface area contributed by atoms with E-state index in [0.29, 0.717) is 17.5 Å². The van der Waals surface area contributed by atoms with Crippen LogP contribution in [0.3, 0.4) is 0 Å². The number of methoxy groups -OCH3 is 2. The summed E-state index contributed by atoms with van der Waals surface area (Å²) in [5.41, 5.74) is 0.719. The number of benzene rings is 1. The van der Waals surface area contributed by atoms with Gasteiger partial charge in [-0.2, -0.15) is 0 Å². The fraction of sp³-hybridized carbons (Fsp3) is 0.667. The van der Waals surface area contributed by atoms with Crippen LogP contribution in [0.1, 0.15) is 25.7 Å². The molecule has 2 atom stereocenters. The van der Waals surface area contributed by atoms with E-state index >= 15 is 0 Å². The molecule has 1 N–H and O–H groups in total. The van der Waals surface area contributed by atoms with Gasteiger partial charge in [-0.15, -0.1) is 0 Å². The smallest absolute Gasteiger partial charge is 0.321 e. The van der Waals surface area contributed by atoms with Gasteiger partial charge in [0, 0.05) is 56.1 Å². The Hall–Kier alpha value is -1.99. The van der Waals surface area contributed by atoms with Crippen molar-refractivity contribution < 1.29 is 14.3 Å². The summed E-state index contributed by atoms with van der Waals surface area (Å²) in [6.45, 7) is 3.49. The molecule has 3 saturated heterocycles. The summed E-state index contributed by atoms with van der Waals surface area (Å²) in [5, 5.41) is 2.99. The molecule has 2 amide bonds. The summed E-state index contributed by atoms with van der Waals surface area (Å²) >= 11 is 0. The van der Waals surface area contributed by atoms with Crippen LogP contribution in [-0.2, 0) is 0 Å². The van der Waals surface area contributed by atoms with E-state index in [9.17, 15) is 4.79 Å². The Kier molecular flexibility index (Phi) is 5.64. The third-order valence-electron chi connectivity index (χ3n) is 6.83. The number of amides is 2. The lowest BCUT2D eigenvalue weighted by Gasteiger charge is -2.44. The van der Waals surface area contributed by atoms with Gasteiger partial charge in [0.2, 0.25) is 0 Å². The van der Waals surface area contributed by atoms with Gasteiger partial charge in [-0.3, -0.25) is 4.90 Å². The number of piperidine rings is 1. The number of anilines is 1. The highest BCUT2D eigenvalue weighted by molar-refractivity contribution is 5.89. The van der Waals surface area contributed by atoms with E-state index in [1.807, 2.05) is 11.0 Å². The third-order valence-corrected chi connectivity index (χ3v) is 6.83. The Morgan fingerprint density at radius 3 is 2.21 bits per heavy atom. The monoisotopic (exact) mass is 388 g/mol. The average Bonchev–Trinajstić information content (AvgIpc) is 2.93. The highest BCUT2D eigenvalue weighted by atomic mass is 16.5. The second kappa shape index (κ2) is 8.17. The van der Waals surface area contributed by atoms with Crippen LogP contribution in [0.2, 0.25) is 0 Å². The van der Waals surface area contributed by atoms with E-state index in [1.165, 1.54) is 25.7 Å². The van der Waals surface area contributed by atoms with Gasteiger partial charge in [-0.25, -0.2) is 4.79 Å². The molecular weight excluding hydrogens is 356 g/mol. The van der Waals surface area contributed by atoms with Gasteiger partial charge in [0.1, 0.15) is 0 Å². The van der Waals surface area contributed by atoms with E-state index in [-0.39, 0.29) is 6.03 Å². The van der Waals surface area contributed by atoms with Crippen molar-refractivity contribution in [3.63, 3.8) is 0 Å². The summed E-state index contributed by atoms with van der Waals surface area (Å²) in [7, 11) is 5.48. The first-order valence-corrected chi connectivity index (χ1v) is 10.3. The highest BCUT2D eigenvalue weighted by Crippen LogP contribution is 2.36. The number of fused-ring (bicyclic) bond motifs is 2. The molecule has 4 rings (SSSR count). The number of carbonyl (C=O) groups excluding carboxylic acids is 1. The van der Waals surface area contributed by atoms with Gasteiger partial charge >= 0.3 is 6.03 Å². The van der Waals surface area contributed by atoms with Gasteiger partial charge in [0.25, 0.3) is 0 Å². The summed E-state index contributed by atoms with van der Waals surface area (Å²) in [6, 6.07) is 7.59. The van der Waals surface area contributed by atoms with Crippen LogP contribution >= 0.6 is 0 Å². The average molecular weight is 389 g/mol. The van der Waals surface area contributed by atoms with Crippen molar-refractivity contribution in [1.29, 1.82) is 0 Å². The number of ether oxygens (including phenoxy) is 2. The van der Waals surface area contributed by atoms with E-state index < -0.39 is 0 Å². The van der Waals surface area contributed by atoms with Gasteiger partial charge in [0.05, 0.1) is 14.2 Å². The van der Waals surface area contributed by atoms with Crippen molar-refractivity contribution in [2.24, 2.45) is 0 Å². The van der Waals surface area contributed by atoms with Crippen LogP contribution in [0.4, 0.5) is 10.5 Å². The SMILES string of the molecule is COc1ccc(NC(=O)N2CCN(C3CC4CCC(C3)N4C)CC2)cc1OC. The van der Waals surface area contributed by atoms with Gasteiger partial charge in [-0.05, 0) is 44.9 Å². The Balaban J connectivity index is 1.30. The minimum Gasteiger partial charge on any atom is -0.493 e. The number of hydrogen-bond acceptors (Lipinski definition) is 5. The minimum absolute atomic E-state index is 0.0460. The van der Waals surface area contributed by atoms with Gasteiger partial charge in [0.15, 0.2) is 11.5 Å². The third kappa shape index (κ3) is 3.78. The zero-order valence-corrected chi connectivity index (χ0v) is 17.2. The Labute approximate surface area is 167 Å². The first-order valence-electron chi connectivity index (χ1n) is 10.3. The normalized spacial score (nSPS) is 28.2. The van der Waals surface area contributed by atoms with Crippen LogP contribution < -0.4 is 14.8 Å². The van der Waals surface area contributed by atoms with E-state index in [2.05, 4.69) is 22.2 Å². The van der Waals surface area contributed by atoms with Gasteiger partial charge in [-0.1, -0.05) is 0 Å². The first kappa shape index (κ1) is 19.3. The summed E-state index contributed by atoms with van der Waals surface area (Å²) in [6.07, 6.45) is 5.27. The lowest BCUT2D eigenvalue weighted by molar-refractivity contribution is 0.0491. The predicted octanol–water partition coefficient (Wildman–Crippen LogP) is 2.48. The van der Waals surface area contributed by atoms with Crippen molar-refractivity contribution in [1.82, 2.24) is 14.7 Å². The predicted molar refractivity (Wildman–Crippen MR) is 109 cm³/mol. The van der Waals surface area contributed by atoms with Crippen LogP contribution in [-0.4, -0.2) is 86.3 Å². The molecule has 7 heteroatoms. The number of nitrogens with zero attached hydrogens (tertiary/aromatic N) is 3. The van der Waals surface area contributed by atoms with Crippen molar-refractivity contribution in [2.45, 2.75) is 43.8 Å². The van der Waals surface area contributed by atoms with Crippen LogP contribution in [0.25, 0.3) is 0 Å². The lowest BCUT2D eigenvalue weighted by Crippen LogP contribution is -2.56. The van der Waals surface area contributed by atoms with E-state index in [0.717, 1.165) is 44.0 Å². The molecule has 3 heterocycles. The van der Waals surface area contributed by atoms with E-state index in [1.54, 1.807) is 26.4 Å². The number of hydrogen-bond donors (Lipinski definition) is 1. The van der Waals surface area contributed by atoms with Crippen molar-refractivity contribution >= 4 is 11.7 Å². The summed E-state index contributed by atoms with van der Waals surface area (Å²) in [4.78, 5) is 19.8. The number of nitrogens with one attached hydrogen (secondary N) is 1. The quantitative estimate of drug-likeness (QED) is 0.859. The molecule has 0 aromatic heterocycles. The highest BCUT2D eigenvalue weighted by Gasteiger charge is 2.41. The Bertz CT molecular complexity index is 691. The molecule has 0 saturated carbocycles. The first-order chi connectivity index (χ1) is 13.6. The molecule has 3 aliphatic heterocycles. The molecule has 0 radical (unpaired) electrons. The molecular formula is C21H32N4O3. The zero-order valence-electron chi connectivity index (χ0n) is 17.2. The number of rotatable bonds is 4. The number of piperazine rings is 1. The van der Waals surface area contributed by atoms with Crippen molar-refractivity contribution in [3.05, 3.63) is 18.2 Å². The molecule has 1 aromatic rings. The minimum atomic E-state index is -0.0460. The van der Waals surface area contributed by atoms with Gasteiger partial charge < -0.3 is 24.6 Å².